The fraction of sp³-hybridized carbons (Fsp3) is 1.00. The molecule has 0 fully saturated rings. The second-order valence-electron chi connectivity index (χ2n) is 1.95. The third kappa shape index (κ3) is 6.99. The van der Waals surface area contributed by atoms with Crippen LogP contribution >= 0.6 is 0 Å². The van der Waals surface area contributed by atoms with Crippen molar-refractivity contribution in [2.24, 2.45) is 5.73 Å². The van der Waals surface area contributed by atoms with Crippen LogP contribution in [0.4, 0.5) is 0 Å². The molecule has 0 atom stereocenters. The van der Waals surface area contributed by atoms with E-state index in [9.17, 15) is 0 Å². The number of aliphatic hydroxyl groups is 1. The fourth-order valence-electron chi connectivity index (χ4n) is 0.752. The van der Waals surface area contributed by atoms with E-state index in [-0.39, 0.29) is 37.6 Å². The van der Waals surface area contributed by atoms with Crippen molar-refractivity contribution >= 4 is 0 Å². The van der Waals surface area contributed by atoms with Crippen molar-refractivity contribution in [3.05, 3.63) is 0 Å². The van der Waals surface area contributed by atoms with Crippen LogP contribution in [0.25, 0.3) is 0 Å². The van der Waals surface area contributed by atoms with E-state index in [2.05, 4.69) is 11.8 Å². The molecule has 0 saturated heterocycles. The maximum atomic E-state index is 8.51. The van der Waals surface area contributed by atoms with Crippen LogP contribution in [-0.4, -0.2) is 42.8 Å². The first-order valence-electron chi connectivity index (χ1n) is 3.38. The molecule has 0 rings (SSSR count). The first kappa shape index (κ1) is 13.5. The summed E-state index contributed by atoms with van der Waals surface area (Å²) in [5, 5.41) is 8.51. The predicted molar refractivity (Wildman–Crippen MR) is 39.4 cm³/mol. The van der Waals surface area contributed by atoms with E-state index in [1.54, 1.807) is 0 Å². The van der Waals surface area contributed by atoms with Gasteiger partial charge in [-0.2, -0.15) is 0 Å². The Morgan fingerprint density at radius 1 is 1.50 bits per heavy atom. The van der Waals surface area contributed by atoms with Gasteiger partial charge in [-0.15, -0.1) is 0 Å². The third-order valence-corrected chi connectivity index (χ3v) is 1.31. The topological polar surface area (TPSA) is 49.5 Å². The third-order valence-electron chi connectivity index (χ3n) is 1.31. The molecule has 0 spiro atoms. The Morgan fingerprint density at radius 2 is 2.10 bits per heavy atom. The van der Waals surface area contributed by atoms with Gasteiger partial charge in [-0.25, -0.2) is 0 Å². The summed E-state index contributed by atoms with van der Waals surface area (Å²) in [6, 6.07) is 0. The molecule has 0 heterocycles. The zero-order chi connectivity index (χ0) is 7.11. The second-order valence-corrected chi connectivity index (χ2v) is 1.95. The van der Waals surface area contributed by atoms with Gasteiger partial charge in [0.05, 0.1) is 6.61 Å². The molecule has 10 heavy (non-hydrogen) atoms. The second kappa shape index (κ2) is 9.88. The Kier molecular flexibility index (Phi) is 13.3. The van der Waals surface area contributed by atoms with Gasteiger partial charge >= 0.3 is 29.6 Å². The van der Waals surface area contributed by atoms with Gasteiger partial charge < -0.3 is 17.2 Å². The molecule has 3 nitrogen and oxygen atoms in total. The molecule has 58 valence electrons. The van der Waals surface area contributed by atoms with E-state index >= 15 is 0 Å². The molecule has 0 aromatic carbocycles. The van der Waals surface area contributed by atoms with Gasteiger partial charge in [0, 0.05) is 19.6 Å². The number of hydrogen-bond donors (Lipinski definition) is 2. The van der Waals surface area contributed by atoms with Crippen molar-refractivity contribution in [3.8, 4) is 0 Å². The van der Waals surface area contributed by atoms with Gasteiger partial charge in [0.15, 0.2) is 0 Å². The van der Waals surface area contributed by atoms with E-state index in [4.69, 9.17) is 10.8 Å². The molecule has 0 aliphatic carbocycles. The van der Waals surface area contributed by atoms with Gasteiger partial charge in [0.1, 0.15) is 0 Å². The fourth-order valence-corrected chi connectivity index (χ4v) is 0.752. The average Bonchev–Trinajstić information content (AvgIpc) is 1.88. The first-order chi connectivity index (χ1) is 4.35. The van der Waals surface area contributed by atoms with Crippen LogP contribution in [0, 0.1) is 0 Å². The first-order valence-corrected chi connectivity index (χ1v) is 3.38. The summed E-state index contributed by atoms with van der Waals surface area (Å²) >= 11 is 0. The molecule has 0 amide bonds. The molecule has 4 heteroatoms. The Bertz CT molecular complexity index is 62.5. The number of likely N-dealkylation sites (N-methyl/N-ethyl adjacent to an activating group) is 1. The average molecular weight is 156 g/mol. The number of rotatable bonds is 5. The molecular formula is C6H17N2NaO. The SMILES string of the molecule is CCN(CCN)CCO.[H-].[Na+]. The van der Waals surface area contributed by atoms with E-state index in [1.165, 1.54) is 0 Å². The predicted octanol–water partition coefficient (Wildman–Crippen LogP) is -3.62. The molecular weight excluding hydrogens is 139 g/mol. The maximum Gasteiger partial charge on any atom is 1.00 e. The van der Waals surface area contributed by atoms with Gasteiger partial charge in [-0.3, -0.25) is 0 Å². The molecule has 0 aromatic rings. The Labute approximate surface area is 86.4 Å². The van der Waals surface area contributed by atoms with Crippen molar-refractivity contribution in [1.29, 1.82) is 0 Å². The number of nitrogens with two attached hydrogens (primary N) is 1. The Hall–Kier alpha value is 0.880. The number of hydrogen-bond acceptors (Lipinski definition) is 3. The normalized spacial score (nSPS) is 9.60. The minimum atomic E-state index is 0. The molecule has 0 aliphatic rings. The van der Waals surface area contributed by atoms with Crippen LogP contribution in [0.1, 0.15) is 8.35 Å². The monoisotopic (exact) mass is 156 g/mol. The summed E-state index contributed by atoms with van der Waals surface area (Å²) < 4.78 is 0. The summed E-state index contributed by atoms with van der Waals surface area (Å²) in [5.41, 5.74) is 5.31. The van der Waals surface area contributed by atoms with Crippen LogP contribution in [0.5, 0.6) is 0 Å². The Morgan fingerprint density at radius 3 is 2.40 bits per heavy atom. The van der Waals surface area contributed by atoms with Gasteiger partial charge in [-0.1, -0.05) is 6.92 Å². The zero-order valence-electron chi connectivity index (χ0n) is 8.01. The Balaban J connectivity index is -0.000000320. The van der Waals surface area contributed by atoms with Crippen molar-refractivity contribution < 1.29 is 36.1 Å². The standard InChI is InChI=1S/C6H16N2O.Na.H/c1-2-8(4-3-7)5-6-9;;/h9H,2-7H2,1H3;;/q;+1;-1. The van der Waals surface area contributed by atoms with Crippen molar-refractivity contribution in [2.75, 3.05) is 32.8 Å². The quantitative estimate of drug-likeness (QED) is 0.404. The van der Waals surface area contributed by atoms with E-state index in [0.29, 0.717) is 6.54 Å². The van der Waals surface area contributed by atoms with E-state index in [1.807, 2.05) is 0 Å². The van der Waals surface area contributed by atoms with Gasteiger partial charge in [0.25, 0.3) is 0 Å². The van der Waals surface area contributed by atoms with Crippen LogP contribution in [0.15, 0.2) is 0 Å². The van der Waals surface area contributed by atoms with Crippen molar-refractivity contribution in [2.45, 2.75) is 6.92 Å². The van der Waals surface area contributed by atoms with Crippen LogP contribution < -0.4 is 35.3 Å². The minimum Gasteiger partial charge on any atom is -1.00 e. The van der Waals surface area contributed by atoms with Crippen LogP contribution in [0.3, 0.4) is 0 Å². The van der Waals surface area contributed by atoms with Gasteiger partial charge in [-0.05, 0) is 6.54 Å². The van der Waals surface area contributed by atoms with E-state index in [0.717, 1.165) is 19.6 Å². The van der Waals surface area contributed by atoms with Crippen molar-refractivity contribution in [1.82, 2.24) is 4.90 Å². The molecule has 0 bridgehead atoms. The summed E-state index contributed by atoms with van der Waals surface area (Å²) in [7, 11) is 0. The smallest absolute Gasteiger partial charge is 1.00 e. The largest absolute Gasteiger partial charge is 1.00 e. The maximum absolute atomic E-state index is 8.51. The molecule has 0 unspecified atom stereocenters. The molecule has 0 aromatic heterocycles. The van der Waals surface area contributed by atoms with Gasteiger partial charge in [0.2, 0.25) is 0 Å². The summed E-state index contributed by atoms with van der Waals surface area (Å²) in [6.45, 7) is 5.57. The van der Waals surface area contributed by atoms with Crippen LogP contribution in [-0.2, 0) is 0 Å². The molecule has 0 aliphatic heterocycles. The molecule has 0 saturated carbocycles. The van der Waals surface area contributed by atoms with Crippen molar-refractivity contribution in [3.63, 3.8) is 0 Å². The number of aliphatic hydroxyl groups excluding tert-OH is 1. The van der Waals surface area contributed by atoms with Crippen LogP contribution in [0.2, 0.25) is 0 Å². The minimum absolute atomic E-state index is 0. The summed E-state index contributed by atoms with van der Waals surface area (Å²) in [5.74, 6) is 0. The summed E-state index contributed by atoms with van der Waals surface area (Å²) in [4.78, 5) is 2.11. The zero-order valence-corrected chi connectivity index (χ0v) is 9.01. The van der Waals surface area contributed by atoms with E-state index < -0.39 is 0 Å². The molecule has 3 N–H and O–H groups in total. The number of nitrogens with zero attached hydrogens (tertiary/aromatic N) is 1. The molecule has 0 radical (unpaired) electrons. The summed E-state index contributed by atoms with van der Waals surface area (Å²) in [6.07, 6.45) is 0.